The van der Waals surface area contributed by atoms with E-state index >= 15 is 0 Å². The van der Waals surface area contributed by atoms with Crippen molar-refractivity contribution in [3.8, 4) is 0 Å². The highest BCUT2D eigenvalue weighted by Gasteiger charge is 2.31. The van der Waals surface area contributed by atoms with Gasteiger partial charge in [0.05, 0.1) is 17.3 Å². The zero-order chi connectivity index (χ0) is 13.9. The van der Waals surface area contributed by atoms with Gasteiger partial charge >= 0.3 is 6.18 Å². The molecule has 1 aromatic carbocycles. The number of benzene rings is 1. The Morgan fingerprint density at radius 2 is 2.00 bits per heavy atom. The van der Waals surface area contributed by atoms with E-state index in [9.17, 15) is 18.0 Å². The molecule has 0 fully saturated rings. The van der Waals surface area contributed by atoms with Crippen LogP contribution in [0.15, 0.2) is 22.7 Å². The standard InChI is InChI=1S/C11H12BrF3N2O/c1-6(16-2)10(18)17-9-5-7(11(13,14)15)3-4-8(9)12/h3-6,16H,1-2H3,(H,17,18). The van der Waals surface area contributed by atoms with Crippen molar-refractivity contribution in [3.05, 3.63) is 28.2 Å². The Morgan fingerprint density at radius 3 is 2.50 bits per heavy atom. The number of nitrogens with one attached hydrogen (secondary N) is 2. The largest absolute Gasteiger partial charge is 0.416 e. The van der Waals surface area contributed by atoms with Crippen LogP contribution in [0.3, 0.4) is 0 Å². The quantitative estimate of drug-likeness (QED) is 0.897. The van der Waals surface area contributed by atoms with Gasteiger partial charge in [-0.05, 0) is 48.1 Å². The molecule has 7 heteroatoms. The molecule has 1 rings (SSSR count). The van der Waals surface area contributed by atoms with Crippen LogP contribution in [0, 0.1) is 0 Å². The van der Waals surface area contributed by atoms with Gasteiger partial charge < -0.3 is 10.6 Å². The molecule has 0 aliphatic heterocycles. The van der Waals surface area contributed by atoms with Gasteiger partial charge in [0, 0.05) is 4.47 Å². The van der Waals surface area contributed by atoms with Crippen LogP contribution in [0.25, 0.3) is 0 Å². The van der Waals surface area contributed by atoms with Gasteiger partial charge in [0.15, 0.2) is 0 Å². The van der Waals surface area contributed by atoms with Gasteiger partial charge in [0.1, 0.15) is 0 Å². The first kappa shape index (κ1) is 15.0. The smallest absolute Gasteiger partial charge is 0.324 e. The number of rotatable bonds is 3. The second-order valence-corrected chi connectivity index (χ2v) is 4.55. The number of anilines is 1. The van der Waals surface area contributed by atoms with E-state index in [1.807, 2.05) is 0 Å². The molecular weight excluding hydrogens is 313 g/mol. The summed E-state index contributed by atoms with van der Waals surface area (Å²) >= 11 is 3.09. The highest BCUT2D eigenvalue weighted by atomic mass is 79.9. The fourth-order valence-electron chi connectivity index (χ4n) is 1.17. The van der Waals surface area contributed by atoms with Crippen molar-refractivity contribution in [2.45, 2.75) is 19.1 Å². The molecule has 1 aromatic rings. The highest BCUT2D eigenvalue weighted by Crippen LogP contribution is 2.33. The summed E-state index contributed by atoms with van der Waals surface area (Å²) < 4.78 is 38.0. The molecule has 0 saturated carbocycles. The number of amides is 1. The minimum atomic E-state index is -4.44. The van der Waals surface area contributed by atoms with E-state index in [-0.39, 0.29) is 5.69 Å². The van der Waals surface area contributed by atoms with Crippen LogP contribution in [-0.4, -0.2) is 19.0 Å². The van der Waals surface area contributed by atoms with Crippen molar-refractivity contribution in [2.75, 3.05) is 12.4 Å². The van der Waals surface area contributed by atoms with E-state index in [1.165, 1.54) is 6.07 Å². The van der Waals surface area contributed by atoms with E-state index in [4.69, 9.17) is 0 Å². The number of carbonyl (C=O) groups is 1. The summed E-state index contributed by atoms with van der Waals surface area (Å²) in [6.07, 6.45) is -4.44. The Bertz CT molecular complexity index is 448. The van der Waals surface area contributed by atoms with Crippen molar-refractivity contribution in [3.63, 3.8) is 0 Å². The van der Waals surface area contributed by atoms with Gasteiger partial charge in [0.2, 0.25) is 5.91 Å². The second-order valence-electron chi connectivity index (χ2n) is 3.69. The number of hydrogen-bond donors (Lipinski definition) is 2. The second kappa shape index (κ2) is 5.71. The highest BCUT2D eigenvalue weighted by molar-refractivity contribution is 9.10. The third-order valence-electron chi connectivity index (χ3n) is 2.38. The third kappa shape index (κ3) is 3.71. The number of alkyl halides is 3. The molecule has 0 spiro atoms. The monoisotopic (exact) mass is 324 g/mol. The molecule has 2 N–H and O–H groups in total. The molecule has 18 heavy (non-hydrogen) atoms. The van der Waals surface area contributed by atoms with Gasteiger partial charge in [-0.2, -0.15) is 13.2 Å². The summed E-state index contributed by atoms with van der Waals surface area (Å²) in [6, 6.07) is 2.60. The maximum atomic E-state index is 12.5. The lowest BCUT2D eigenvalue weighted by atomic mass is 10.2. The molecule has 0 aliphatic carbocycles. The molecule has 1 unspecified atom stereocenters. The third-order valence-corrected chi connectivity index (χ3v) is 3.07. The zero-order valence-electron chi connectivity index (χ0n) is 9.73. The predicted octanol–water partition coefficient (Wildman–Crippen LogP) is 3.01. The van der Waals surface area contributed by atoms with Gasteiger partial charge in [-0.15, -0.1) is 0 Å². The molecule has 1 atom stereocenters. The maximum absolute atomic E-state index is 12.5. The Labute approximate surface area is 111 Å². The summed E-state index contributed by atoms with van der Waals surface area (Å²) in [6.45, 7) is 1.61. The SMILES string of the molecule is CNC(C)C(=O)Nc1cc(C(F)(F)F)ccc1Br. The molecular formula is C11H12BrF3N2O. The van der Waals surface area contributed by atoms with E-state index in [1.54, 1.807) is 14.0 Å². The minimum absolute atomic E-state index is 0.0944. The molecule has 0 aromatic heterocycles. The number of hydrogen-bond acceptors (Lipinski definition) is 2. The van der Waals surface area contributed by atoms with E-state index in [2.05, 4.69) is 26.6 Å². The molecule has 0 bridgehead atoms. The Morgan fingerprint density at radius 1 is 1.39 bits per heavy atom. The minimum Gasteiger partial charge on any atom is -0.324 e. The van der Waals surface area contributed by atoms with Gasteiger partial charge in [0.25, 0.3) is 0 Å². The van der Waals surface area contributed by atoms with E-state index < -0.39 is 23.7 Å². The van der Waals surface area contributed by atoms with Crippen molar-refractivity contribution < 1.29 is 18.0 Å². The number of carbonyl (C=O) groups excluding carboxylic acids is 1. The average Bonchev–Trinajstić information content (AvgIpc) is 2.29. The summed E-state index contributed by atoms with van der Waals surface area (Å²) in [5, 5.41) is 5.12. The first-order valence-electron chi connectivity index (χ1n) is 5.10. The van der Waals surface area contributed by atoms with Crippen LogP contribution in [0.2, 0.25) is 0 Å². The van der Waals surface area contributed by atoms with Crippen LogP contribution in [0.5, 0.6) is 0 Å². The molecule has 0 heterocycles. The summed E-state index contributed by atoms with van der Waals surface area (Å²) in [5.41, 5.74) is -0.713. The summed E-state index contributed by atoms with van der Waals surface area (Å²) in [7, 11) is 1.59. The van der Waals surface area contributed by atoms with E-state index in [0.717, 1.165) is 12.1 Å². The van der Waals surface area contributed by atoms with Gasteiger partial charge in [-0.1, -0.05) is 0 Å². The van der Waals surface area contributed by atoms with Crippen LogP contribution in [0.4, 0.5) is 18.9 Å². The average molecular weight is 325 g/mol. The first-order chi connectivity index (χ1) is 8.25. The van der Waals surface area contributed by atoms with Gasteiger partial charge in [-0.25, -0.2) is 0 Å². The first-order valence-corrected chi connectivity index (χ1v) is 5.90. The number of likely N-dealkylation sites (N-methyl/N-ethyl adjacent to an activating group) is 1. The van der Waals surface area contributed by atoms with Crippen molar-refractivity contribution in [1.82, 2.24) is 5.32 Å². The lowest BCUT2D eigenvalue weighted by Crippen LogP contribution is -2.35. The lowest BCUT2D eigenvalue weighted by Gasteiger charge is -2.14. The topological polar surface area (TPSA) is 41.1 Å². The Kier molecular flexibility index (Phi) is 4.75. The molecule has 100 valence electrons. The Balaban J connectivity index is 2.99. The summed E-state index contributed by atoms with van der Waals surface area (Å²) in [5.74, 6) is -0.405. The van der Waals surface area contributed by atoms with Crippen molar-refractivity contribution in [2.24, 2.45) is 0 Å². The van der Waals surface area contributed by atoms with Crippen LogP contribution in [-0.2, 0) is 11.0 Å². The zero-order valence-corrected chi connectivity index (χ0v) is 11.3. The molecule has 3 nitrogen and oxygen atoms in total. The molecule has 1 amide bonds. The van der Waals surface area contributed by atoms with Crippen LogP contribution in [0.1, 0.15) is 12.5 Å². The normalized spacial score (nSPS) is 13.2. The summed E-state index contributed by atoms with van der Waals surface area (Å²) in [4.78, 5) is 11.6. The predicted molar refractivity (Wildman–Crippen MR) is 66.3 cm³/mol. The van der Waals surface area contributed by atoms with Crippen molar-refractivity contribution in [1.29, 1.82) is 0 Å². The Hall–Kier alpha value is -1.08. The molecule has 0 radical (unpaired) electrons. The lowest BCUT2D eigenvalue weighted by molar-refractivity contribution is -0.137. The fourth-order valence-corrected chi connectivity index (χ4v) is 1.52. The van der Waals surface area contributed by atoms with E-state index in [0.29, 0.717) is 4.47 Å². The van der Waals surface area contributed by atoms with Crippen LogP contribution >= 0.6 is 15.9 Å². The van der Waals surface area contributed by atoms with Gasteiger partial charge in [-0.3, -0.25) is 4.79 Å². The van der Waals surface area contributed by atoms with Crippen molar-refractivity contribution >= 4 is 27.5 Å². The fraction of sp³-hybridized carbons (Fsp3) is 0.364. The van der Waals surface area contributed by atoms with Crippen LogP contribution < -0.4 is 10.6 Å². The molecule has 0 aliphatic rings. The number of halogens is 4. The maximum Gasteiger partial charge on any atom is 0.416 e. The molecule has 0 saturated heterocycles.